The lowest BCUT2D eigenvalue weighted by molar-refractivity contribution is -0.150. The molecule has 3 rings (SSSR count). The van der Waals surface area contributed by atoms with Crippen molar-refractivity contribution in [2.75, 3.05) is 40.3 Å². The van der Waals surface area contributed by atoms with Crippen LogP contribution in [-0.2, 0) is 9.59 Å². The first-order valence-electron chi connectivity index (χ1n) is 8.66. The van der Waals surface area contributed by atoms with Crippen LogP contribution in [0, 0.1) is 0 Å². The third kappa shape index (κ3) is 3.77. The van der Waals surface area contributed by atoms with Crippen LogP contribution < -0.4 is 0 Å². The van der Waals surface area contributed by atoms with Gasteiger partial charge in [0.05, 0.1) is 23.1 Å². The normalized spacial score (nSPS) is 23.3. The summed E-state index contributed by atoms with van der Waals surface area (Å²) < 4.78 is 0. The lowest BCUT2D eigenvalue weighted by Crippen LogP contribution is -2.60. The van der Waals surface area contributed by atoms with Gasteiger partial charge in [0.1, 0.15) is 5.75 Å². The van der Waals surface area contributed by atoms with Crippen molar-refractivity contribution in [3.63, 3.8) is 0 Å². The number of hydrogen-bond donors (Lipinski definition) is 1. The summed E-state index contributed by atoms with van der Waals surface area (Å²) in [6.07, 6.45) is 1.35. The monoisotopic (exact) mass is 399 g/mol. The number of carbonyl (C=O) groups is 2. The van der Waals surface area contributed by atoms with Crippen molar-refractivity contribution in [2.24, 2.45) is 0 Å². The zero-order valence-electron chi connectivity index (χ0n) is 14.9. The Morgan fingerprint density at radius 1 is 1.35 bits per heavy atom. The van der Waals surface area contributed by atoms with Gasteiger partial charge in [0.2, 0.25) is 11.8 Å². The number of likely N-dealkylation sites (N-methyl/N-ethyl adjacent to an activating group) is 1. The van der Waals surface area contributed by atoms with Gasteiger partial charge in [0.15, 0.2) is 0 Å². The molecule has 0 aliphatic carbocycles. The van der Waals surface area contributed by atoms with Crippen LogP contribution in [0.5, 0.6) is 5.75 Å². The van der Waals surface area contributed by atoms with Crippen LogP contribution in [0.1, 0.15) is 24.3 Å². The van der Waals surface area contributed by atoms with E-state index in [1.54, 1.807) is 21.9 Å². The quantitative estimate of drug-likeness (QED) is 0.845. The second kappa shape index (κ2) is 7.62. The number of piperazine rings is 1. The fourth-order valence-corrected chi connectivity index (χ4v) is 4.37. The Kier molecular flexibility index (Phi) is 5.65. The van der Waals surface area contributed by atoms with Crippen molar-refractivity contribution in [1.29, 1.82) is 0 Å². The molecular weight excluding hydrogens is 377 g/mol. The van der Waals surface area contributed by atoms with Crippen molar-refractivity contribution in [1.82, 2.24) is 14.7 Å². The minimum atomic E-state index is -0.0736. The molecular formula is C18H23Cl2N3O3. The summed E-state index contributed by atoms with van der Waals surface area (Å²) in [5.41, 5.74) is 0.642. The van der Waals surface area contributed by atoms with Crippen LogP contribution in [0.25, 0.3) is 0 Å². The van der Waals surface area contributed by atoms with Gasteiger partial charge in [-0.15, -0.1) is 0 Å². The Morgan fingerprint density at radius 3 is 2.77 bits per heavy atom. The molecule has 2 saturated heterocycles. The minimum absolute atomic E-state index is 0.000786. The van der Waals surface area contributed by atoms with Gasteiger partial charge < -0.3 is 19.8 Å². The van der Waals surface area contributed by atoms with E-state index < -0.39 is 0 Å². The van der Waals surface area contributed by atoms with Gasteiger partial charge in [-0.3, -0.25) is 9.59 Å². The first-order valence-corrected chi connectivity index (χ1v) is 9.42. The molecule has 1 aromatic rings. The number of carbonyl (C=O) groups excluding carboxylic acids is 2. The van der Waals surface area contributed by atoms with Crippen molar-refractivity contribution in [2.45, 2.75) is 24.8 Å². The molecule has 0 spiro atoms. The molecule has 142 valence electrons. The number of halogens is 2. The van der Waals surface area contributed by atoms with Crippen LogP contribution in [0.15, 0.2) is 12.1 Å². The molecule has 26 heavy (non-hydrogen) atoms. The van der Waals surface area contributed by atoms with Gasteiger partial charge >= 0.3 is 0 Å². The van der Waals surface area contributed by atoms with Crippen LogP contribution >= 0.6 is 23.2 Å². The minimum Gasteiger partial charge on any atom is -0.508 e. The molecule has 8 heteroatoms. The first-order chi connectivity index (χ1) is 12.3. The van der Waals surface area contributed by atoms with Crippen LogP contribution in [-0.4, -0.2) is 77.9 Å². The van der Waals surface area contributed by atoms with E-state index in [1.165, 1.54) is 0 Å². The third-order valence-corrected chi connectivity index (χ3v) is 5.93. The summed E-state index contributed by atoms with van der Waals surface area (Å²) in [7, 11) is 3.66. The van der Waals surface area contributed by atoms with Gasteiger partial charge in [-0.25, -0.2) is 0 Å². The topological polar surface area (TPSA) is 64.1 Å². The number of hydrogen-bond acceptors (Lipinski definition) is 4. The van der Waals surface area contributed by atoms with E-state index in [2.05, 4.69) is 0 Å². The van der Waals surface area contributed by atoms with Crippen LogP contribution in [0.4, 0.5) is 0 Å². The molecule has 2 aliphatic heterocycles. The van der Waals surface area contributed by atoms with E-state index in [-0.39, 0.29) is 42.6 Å². The summed E-state index contributed by atoms with van der Waals surface area (Å²) in [5.74, 6) is 0.0571. The van der Waals surface area contributed by atoms with Gasteiger partial charge in [0, 0.05) is 24.7 Å². The van der Waals surface area contributed by atoms with Gasteiger partial charge in [-0.1, -0.05) is 23.2 Å². The van der Waals surface area contributed by atoms with Gasteiger partial charge in [-0.2, -0.15) is 0 Å². The van der Waals surface area contributed by atoms with E-state index in [1.807, 2.05) is 19.0 Å². The Hall–Kier alpha value is -1.50. The second-order valence-electron chi connectivity index (χ2n) is 7.27. The van der Waals surface area contributed by atoms with Crippen LogP contribution in [0.2, 0.25) is 10.0 Å². The number of nitrogens with zero attached hydrogens (tertiary/aromatic N) is 3. The van der Waals surface area contributed by atoms with Crippen molar-refractivity contribution in [3.05, 3.63) is 27.7 Å². The maximum absolute atomic E-state index is 12.5. The van der Waals surface area contributed by atoms with E-state index >= 15 is 0 Å². The zero-order valence-corrected chi connectivity index (χ0v) is 16.4. The second-order valence-corrected chi connectivity index (χ2v) is 8.05. The zero-order chi connectivity index (χ0) is 19.0. The standard InChI is InChI=1S/C18H23Cl2N3O3/c1-21(2)9-15(25)22-8-12-7-11(5-6-23(12)16(26)10-22)17-14(24)4-3-13(19)18(17)20/h3-4,11-12,24H,5-10H2,1-2H3/t11-,12+/m1/s1. The number of aromatic hydroxyl groups is 1. The molecule has 0 unspecified atom stereocenters. The van der Waals surface area contributed by atoms with E-state index in [9.17, 15) is 14.7 Å². The summed E-state index contributed by atoms with van der Waals surface area (Å²) in [6, 6.07) is 3.05. The maximum atomic E-state index is 12.5. The molecule has 2 atom stereocenters. The lowest BCUT2D eigenvalue weighted by Gasteiger charge is -2.46. The fraction of sp³-hybridized carbons (Fsp3) is 0.556. The average molecular weight is 400 g/mol. The number of phenols is 1. The fourth-order valence-electron chi connectivity index (χ4n) is 3.89. The molecule has 0 saturated carbocycles. The summed E-state index contributed by atoms with van der Waals surface area (Å²) in [5, 5.41) is 11.0. The molecule has 1 N–H and O–H groups in total. The molecule has 2 fully saturated rings. The van der Waals surface area contributed by atoms with Crippen molar-refractivity contribution >= 4 is 35.0 Å². The molecule has 2 aliphatic rings. The van der Waals surface area contributed by atoms with Crippen molar-refractivity contribution in [3.8, 4) is 5.75 Å². The van der Waals surface area contributed by atoms with Gasteiger partial charge in [-0.05, 0) is 45.0 Å². The highest BCUT2D eigenvalue weighted by Crippen LogP contribution is 2.43. The highest BCUT2D eigenvalue weighted by Gasteiger charge is 2.40. The molecule has 0 radical (unpaired) electrons. The Labute approximate surface area is 163 Å². The number of fused-ring (bicyclic) bond motifs is 1. The summed E-state index contributed by atoms with van der Waals surface area (Å²) >= 11 is 12.4. The van der Waals surface area contributed by atoms with E-state index in [4.69, 9.17) is 23.2 Å². The maximum Gasteiger partial charge on any atom is 0.242 e. The number of amides is 2. The van der Waals surface area contributed by atoms with Crippen molar-refractivity contribution < 1.29 is 14.7 Å². The van der Waals surface area contributed by atoms with E-state index in [0.29, 0.717) is 41.5 Å². The molecule has 1 aromatic carbocycles. The lowest BCUT2D eigenvalue weighted by atomic mass is 9.83. The van der Waals surface area contributed by atoms with Crippen LogP contribution in [0.3, 0.4) is 0 Å². The largest absolute Gasteiger partial charge is 0.508 e. The predicted octanol–water partition coefficient (Wildman–Crippen LogP) is 2.18. The number of phenolic OH excluding ortho intramolecular Hbond substituents is 1. The highest BCUT2D eigenvalue weighted by atomic mass is 35.5. The molecule has 0 aromatic heterocycles. The summed E-state index contributed by atoms with van der Waals surface area (Å²) in [6.45, 7) is 1.52. The number of piperidine rings is 1. The predicted molar refractivity (Wildman–Crippen MR) is 101 cm³/mol. The third-order valence-electron chi connectivity index (χ3n) is 5.12. The molecule has 0 bridgehead atoms. The van der Waals surface area contributed by atoms with Gasteiger partial charge in [0.25, 0.3) is 0 Å². The Morgan fingerprint density at radius 2 is 2.08 bits per heavy atom. The Bertz CT molecular complexity index is 726. The average Bonchev–Trinajstić information content (AvgIpc) is 2.57. The highest BCUT2D eigenvalue weighted by molar-refractivity contribution is 6.42. The first kappa shape index (κ1) is 19.3. The summed E-state index contributed by atoms with van der Waals surface area (Å²) in [4.78, 5) is 30.1. The SMILES string of the molecule is CN(C)CC(=O)N1CC(=O)N2CC[C@@H](c3c(O)ccc(Cl)c3Cl)C[C@H]2C1. The molecule has 2 amide bonds. The molecule has 2 heterocycles. The number of rotatable bonds is 3. The Balaban J connectivity index is 1.79. The number of benzene rings is 1. The molecule has 6 nitrogen and oxygen atoms in total. The smallest absolute Gasteiger partial charge is 0.242 e. The van der Waals surface area contributed by atoms with E-state index in [0.717, 1.165) is 0 Å².